The standard InChI is InChI=1S/C15H22N4O3.C9H9FO.2C2H6/c1-10-3-4-13(22-10)15(21)19-11-5-8-17-12(9-11)14(20)18-7-2-6-16;10-7-2-1-3-9(6-7)11-8-4-5-8;2*1-2/h5,8-10,13H,2-4,6-7,16H2,1H3,(H,18,20)(H,17,19,21);1-3,6,8H,4-5H2;2*1-2H3. The summed E-state index contributed by atoms with van der Waals surface area (Å²) < 4.78 is 23.4. The topological polar surface area (TPSA) is 116 Å². The molecule has 206 valence electrons. The molecule has 2 fully saturated rings. The Labute approximate surface area is 220 Å². The highest BCUT2D eigenvalue weighted by atomic mass is 19.1. The monoisotopic (exact) mass is 518 g/mol. The Bertz CT molecular complexity index is 940. The van der Waals surface area contributed by atoms with Gasteiger partial charge in [0.05, 0.1) is 12.2 Å². The van der Waals surface area contributed by atoms with Gasteiger partial charge in [-0.2, -0.15) is 0 Å². The van der Waals surface area contributed by atoms with Crippen LogP contribution in [0.25, 0.3) is 0 Å². The zero-order valence-electron chi connectivity index (χ0n) is 22.8. The number of carbonyl (C=O) groups is 2. The molecule has 2 atom stereocenters. The number of nitrogens with two attached hydrogens (primary N) is 1. The quantitative estimate of drug-likeness (QED) is 0.420. The number of rotatable bonds is 8. The Hall–Kier alpha value is -3.04. The maximum absolute atomic E-state index is 12.6. The molecule has 2 unspecified atom stereocenters. The molecule has 1 aromatic carbocycles. The van der Waals surface area contributed by atoms with E-state index in [9.17, 15) is 14.0 Å². The molecule has 2 heterocycles. The molecular formula is C28H43FN4O4. The zero-order valence-corrected chi connectivity index (χ0v) is 22.8. The molecule has 4 N–H and O–H groups in total. The first-order valence-corrected chi connectivity index (χ1v) is 13.3. The Kier molecular flexibility index (Phi) is 15.8. The lowest BCUT2D eigenvalue weighted by Crippen LogP contribution is -2.29. The van der Waals surface area contributed by atoms with Crippen LogP contribution in [0.5, 0.6) is 5.75 Å². The van der Waals surface area contributed by atoms with Crippen LogP contribution in [-0.2, 0) is 9.53 Å². The first-order valence-electron chi connectivity index (χ1n) is 13.3. The molecule has 0 bridgehead atoms. The number of pyridine rings is 1. The largest absolute Gasteiger partial charge is 0.490 e. The highest BCUT2D eigenvalue weighted by molar-refractivity contribution is 5.97. The summed E-state index contributed by atoms with van der Waals surface area (Å²) in [5, 5.41) is 5.49. The summed E-state index contributed by atoms with van der Waals surface area (Å²) in [4.78, 5) is 28.0. The minimum absolute atomic E-state index is 0.108. The molecule has 1 saturated carbocycles. The van der Waals surface area contributed by atoms with Gasteiger partial charge in [-0.1, -0.05) is 33.8 Å². The minimum atomic E-state index is -0.426. The molecule has 1 saturated heterocycles. The average molecular weight is 519 g/mol. The van der Waals surface area contributed by atoms with Gasteiger partial charge >= 0.3 is 0 Å². The van der Waals surface area contributed by atoms with E-state index in [0.717, 1.165) is 19.3 Å². The van der Waals surface area contributed by atoms with Gasteiger partial charge < -0.3 is 25.8 Å². The Morgan fingerprint density at radius 1 is 1.11 bits per heavy atom. The number of hydrogen-bond acceptors (Lipinski definition) is 6. The summed E-state index contributed by atoms with van der Waals surface area (Å²) in [7, 11) is 0. The van der Waals surface area contributed by atoms with Gasteiger partial charge in [0.25, 0.3) is 11.8 Å². The van der Waals surface area contributed by atoms with Crippen LogP contribution in [0.2, 0.25) is 0 Å². The van der Waals surface area contributed by atoms with E-state index >= 15 is 0 Å². The van der Waals surface area contributed by atoms with E-state index in [0.29, 0.717) is 43.5 Å². The maximum Gasteiger partial charge on any atom is 0.269 e. The third-order valence-corrected chi connectivity index (χ3v) is 5.07. The first-order chi connectivity index (χ1) is 17.9. The van der Waals surface area contributed by atoms with Crippen molar-refractivity contribution in [1.82, 2.24) is 10.3 Å². The molecule has 1 aromatic heterocycles. The number of nitrogens with one attached hydrogen (secondary N) is 2. The van der Waals surface area contributed by atoms with Crippen molar-refractivity contribution in [3.8, 4) is 5.75 Å². The molecule has 2 amide bonds. The van der Waals surface area contributed by atoms with Gasteiger partial charge in [-0.05, 0) is 69.8 Å². The summed E-state index contributed by atoms with van der Waals surface area (Å²) in [6.45, 7) is 11.0. The van der Waals surface area contributed by atoms with Crippen LogP contribution in [0.1, 0.15) is 77.2 Å². The van der Waals surface area contributed by atoms with Gasteiger partial charge in [0, 0.05) is 24.5 Å². The van der Waals surface area contributed by atoms with Gasteiger partial charge in [0.2, 0.25) is 0 Å². The van der Waals surface area contributed by atoms with Crippen molar-refractivity contribution in [1.29, 1.82) is 0 Å². The van der Waals surface area contributed by atoms with E-state index in [2.05, 4.69) is 15.6 Å². The second-order valence-corrected chi connectivity index (χ2v) is 8.10. The SMILES string of the molecule is CC.CC.CC1CCC(C(=O)Nc2ccnc(C(=O)NCCCN)c2)O1.Fc1cccc(OC2CC2)c1. The van der Waals surface area contributed by atoms with E-state index in [-0.39, 0.29) is 29.4 Å². The molecule has 1 aliphatic carbocycles. The van der Waals surface area contributed by atoms with Gasteiger partial charge in [-0.15, -0.1) is 0 Å². The number of aromatic nitrogens is 1. The fraction of sp³-hybridized carbons (Fsp3) is 0.536. The van der Waals surface area contributed by atoms with Crippen LogP contribution >= 0.6 is 0 Å². The first kappa shape index (κ1) is 32.0. The lowest BCUT2D eigenvalue weighted by atomic mass is 10.2. The van der Waals surface area contributed by atoms with Crippen LogP contribution in [0.4, 0.5) is 10.1 Å². The Balaban J connectivity index is 0.000000380. The van der Waals surface area contributed by atoms with Crippen LogP contribution in [0.15, 0.2) is 42.6 Å². The number of benzene rings is 1. The Morgan fingerprint density at radius 3 is 2.43 bits per heavy atom. The van der Waals surface area contributed by atoms with E-state index in [1.54, 1.807) is 24.3 Å². The molecule has 8 nitrogen and oxygen atoms in total. The molecule has 1 aliphatic heterocycles. The number of halogens is 1. The predicted molar refractivity (Wildman–Crippen MR) is 145 cm³/mol. The lowest BCUT2D eigenvalue weighted by molar-refractivity contribution is -0.126. The summed E-state index contributed by atoms with van der Waals surface area (Å²) in [6, 6.07) is 9.47. The van der Waals surface area contributed by atoms with Gasteiger partial charge in [0.15, 0.2) is 0 Å². The van der Waals surface area contributed by atoms with Crippen molar-refractivity contribution < 1.29 is 23.5 Å². The second kappa shape index (κ2) is 18.2. The van der Waals surface area contributed by atoms with Crippen LogP contribution in [0, 0.1) is 5.82 Å². The number of carbonyl (C=O) groups excluding carboxylic acids is 2. The molecule has 2 aliphatic rings. The Morgan fingerprint density at radius 2 is 1.84 bits per heavy atom. The van der Waals surface area contributed by atoms with Crippen LogP contribution in [0.3, 0.4) is 0 Å². The molecule has 4 rings (SSSR count). The van der Waals surface area contributed by atoms with Crippen molar-refractivity contribution in [3.05, 3.63) is 54.1 Å². The van der Waals surface area contributed by atoms with Crippen molar-refractivity contribution >= 4 is 17.5 Å². The number of amides is 2. The summed E-state index contributed by atoms with van der Waals surface area (Å²) in [5.74, 6) is -0.0593. The number of nitrogens with zero attached hydrogens (tertiary/aromatic N) is 1. The number of hydrogen-bond donors (Lipinski definition) is 3. The van der Waals surface area contributed by atoms with Crippen LogP contribution < -0.4 is 21.1 Å². The fourth-order valence-corrected chi connectivity index (χ4v) is 3.16. The predicted octanol–water partition coefficient (Wildman–Crippen LogP) is 5.09. The molecule has 9 heteroatoms. The van der Waals surface area contributed by atoms with Crippen molar-refractivity contribution in [2.45, 2.75) is 85.0 Å². The zero-order chi connectivity index (χ0) is 27.6. The summed E-state index contributed by atoms with van der Waals surface area (Å²) in [6.07, 6.45) is 6.03. The smallest absolute Gasteiger partial charge is 0.269 e. The van der Waals surface area contributed by atoms with Crippen LogP contribution in [-0.4, -0.2) is 48.2 Å². The van der Waals surface area contributed by atoms with E-state index in [1.807, 2.05) is 34.6 Å². The van der Waals surface area contributed by atoms with E-state index < -0.39 is 6.10 Å². The molecule has 0 spiro atoms. The summed E-state index contributed by atoms with van der Waals surface area (Å²) >= 11 is 0. The third-order valence-electron chi connectivity index (χ3n) is 5.07. The third kappa shape index (κ3) is 12.7. The number of ether oxygens (including phenoxy) is 2. The normalized spacial score (nSPS) is 17.5. The van der Waals surface area contributed by atoms with Crippen molar-refractivity contribution in [2.75, 3.05) is 18.4 Å². The lowest BCUT2D eigenvalue weighted by Gasteiger charge is -2.12. The minimum Gasteiger partial charge on any atom is -0.490 e. The highest BCUT2D eigenvalue weighted by Gasteiger charge is 2.28. The maximum atomic E-state index is 12.6. The van der Waals surface area contributed by atoms with E-state index in [4.69, 9.17) is 15.2 Å². The molecule has 0 radical (unpaired) electrons. The van der Waals surface area contributed by atoms with Gasteiger partial charge in [0.1, 0.15) is 23.4 Å². The van der Waals surface area contributed by atoms with Crippen molar-refractivity contribution in [3.63, 3.8) is 0 Å². The summed E-state index contributed by atoms with van der Waals surface area (Å²) in [5.41, 5.74) is 6.17. The van der Waals surface area contributed by atoms with Gasteiger partial charge in [-0.3, -0.25) is 14.6 Å². The van der Waals surface area contributed by atoms with Gasteiger partial charge in [-0.25, -0.2) is 4.39 Å². The van der Waals surface area contributed by atoms with Crippen molar-refractivity contribution in [2.24, 2.45) is 5.73 Å². The molecule has 2 aromatic rings. The fourth-order valence-electron chi connectivity index (χ4n) is 3.16. The van der Waals surface area contributed by atoms with E-state index in [1.165, 1.54) is 18.3 Å². The average Bonchev–Trinajstić information content (AvgIpc) is 3.62. The molecular weight excluding hydrogens is 475 g/mol. The molecule has 37 heavy (non-hydrogen) atoms. The second-order valence-electron chi connectivity index (χ2n) is 8.10. The highest BCUT2D eigenvalue weighted by Crippen LogP contribution is 2.26. The number of anilines is 1.